The highest BCUT2D eigenvalue weighted by molar-refractivity contribution is 14.2. The minimum Gasteiger partial charge on any atom is -0.399 e. The minimum atomic E-state index is 0.523. The van der Waals surface area contributed by atoms with Crippen molar-refractivity contribution in [3.8, 4) is 11.3 Å². The molecular formula is C19H21IN7P. The molecule has 4 aromatic rings. The van der Waals surface area contributed by atoms with Crippen LogP contribution in [0.3, 0.4) is 0 Å². The number of nitrogen functional groups attached to an aromatic ring is 1. The number of aryl methyl sites for hydroxylation is 1. The van der Waals surface area contributed by atoms with Crippen LogP contribution >= 0.6 is 28.4 Å². The summed E-state index contributed by atoms with van der Waals surface area (Å²) in [6, 6.07) is 9.62. The van der Waals surface area contributed by atoms with E-state index in [0.29, 0.717) is 17.9 Å². The normalized spacial score (nSPS) is 10.9. The van der Waals surface area contributed by atoms with Crippen LogP contribution in [0.2, 0.25) is 0 Å². The molecule has 3 heterocycles. The van der Waals surface area contributed by atoms with Gasteiger partial charge in [-0.1, -0.05) is 19.9 Å². The number of nitrogens with zero attached hydrogens (tertiary/aromatic N) is 5. The summed E-state index contributed by atoms with van der Waals surface area (Å²) in [5, 5.41) is 3.38. The van der Waals surface area contributed by atoms with Crippen LogP contribution in [-0.4, -0.2) is 24.3 Å². The molecule has 1 atom stereocenters. The van der Waals surface area contributed by atoms with Crippen LogP contribution in [0, 0.1) is 6.92 Å². The molecule has 144 valence electrons. The van der Waals surface area contributed by atoms with E-state index in [1.807, 2.05) is 55.4 Å². The molecule has 1 aromatic carbocycles. The molecule has 0 radical (unpaired) electrons. The Morgan fingerprint density at radius 1 is 1.11 bits per heavy atom. The summed E-state index contributed by atoms with van der Waals surface area (Å²) in [4.78, 5) is 17.9. The van der Waals surface area contributed by atoms with E-state index in [9.17, 15) is 0 Å². The second-order valence-corrected chi connectivity index (χ2v) is 7.79. The molecule has 0 aliphatic rings. The zero-order chi connectivity index (χ0) is 20.1. The number of hydrogen-bond acceptors (Lipinski definition) is 6. The number of rotatable bonds is 4. The summed E-state index contributed by atoms with van der Waals surface area (Å²) in [5.74, 6) is 0.702. The standard InChI is InChI=1S/C17H15IN7P.C2H6/c1-10-4-5-11(19)7-13(10)24-16-12(3-2-6-20-16)14-15-17(22-8-21-14)25(26-18)9-23-15;1-2/h2-9,26H,19H2,1H3,(H,20,24);1-2H3. The molecular weight excluding hydrogens is 484 g/mol. The average molecular weight is 505 g/mol. The van der Waals surface area contributed by atoms with Crippen molar-refractivity contribution in [2.24, 2.45) is 0 Å². The Morgan fingerprint density at radius 2 is 1.93 bits per heavy atom. The predicted molar refractivity (Wildman–Crippen MR) is 127 cm³/mol. The number of aromatic nitrogens is 5. The average Bonchev–Trinajstić information content (AvgIpc) is 3.16. The Balaban J connectivity index is 0.00000109. The molecule has 3 N–H and O–H groups in total. The maximum absolute atomic E-state index is 5.93. The SMILES string of the molecule is CC.Cc1ccc(N)cc1Nc1ncccc1-c1ncnc2c1ncn2PI. The van der Waals surface area contributed by atoms with Gasteiger partial charge >= 0.3 is 0 Å². The molecule has 0 saturated heterocycles. The quantitative estimate of drug-likeness (QED) is 0.221. The first-order valence-electron chi connectivity index (χ1n) is 8.80. The zero-order valence-corrected chi connectivity index (χ0v) is 19.0. The summed E-state index contributed by atoms with van der Waals surface area (Å²) < 4.78 is 2.01. The van der Waals surface area contributed by atoms with Gasteiger partial charge in [0, 0.05) is 23.1 Å². The first kappa shape index (κ1) is 20.4. The highest BCUT2D eigenvalue weighted by Gasteiger charge is 2.15. The Bertz CT molecular complexity index is 1100. The third kappa shape index (κ3) is 4.07. The molecule has 0 amide bonds. The highest BCUT2D eigenvalue weighted by atomic mass is 127. The first-order valence-corrected chi connectivity index (χ1v) is 12.9. The van der Waals surface area contributed by atoms with E-state index in [-0.39, 0.29) is 0 Å². The number of halogens is 1. The molecule has 0 aliphatic heterocycles. The monoisotopic (exact) mass is 505 g/mol. The molecule has 3 aromatic heterocycles. The molecule has 0 saturated carbocycles. The molecule has 28 heavy (non-hydrogen) atoms. The lowest BCUT2D eigenvalue weighted by Gasteiger charge is -2.13. The van der Waals surface area contributed by atoms with Crippen LogP contribution in [0.1, 0.15) is 19.4 Å². The maximum Gasteiger partial charge on any atom is 0.167 e. The lowest BCUT2D eigenvalue weighted by Crippen LogP contribution is -2.00. The van der Waals surface area contributed by atoms with E-state index in [2.05, 4.69) is 47.3 Å². The summed E-state index contributed by atoms with van der Waals surface area (Å²) in [6.07, 6.45) is 5.63. The minimum absolute atomic E-state index is 0.523. The smallest absolute Gasteiger partial charge is 0.167 e. The number of benzene rings is 1. The van der Waals surface area contributed by atoms with Crippen molar-refractivity contribution in [3.05, 3.63) is 54.7 Å². The molecule has 0 aliphatic carbocycles. The van der Waals surface area contributed by atoms with Crippen LogP contribution in [0.15, 0.2) is 49.2 Å². The first-order chi connectivity index (χ1) is 13.7. The summed E-state index contributed by atoms with van der Waals surface area (Å²) in [6.45, 7) is 6.02. The Hall–Kier alpha value is -2.32. The third-order valence-corrected chi connectivity index (χ3v) is 6.07. The number of nitrogens with two attached hydrogens (primary N) is 1. The predicted octanol–water partition coefficient (Wildman–Crippen LogP) is 5.34. The van der Waals surface area contributed by atoms with Gasteiger partial charge in [-0.2, -0.15) is 0 Å². The van der Waals surface area contributed by atoms with Gasteiger partial charge in [-0.15, -0.1) is 0 Å². The van der Waals surface area contributed by atoms with Gasteiger partial charge in [-0.3, -0.25) is 4.34 Å². The number of hydrogen-bond donors (Lipinski definition) is 2. The Labute approximate surface area is 178 Å². The van der Waals surface area contributed by atoms with Crippen molar-refractivity contribution in [2.75, 3.05) is 11.1 Å². The fourth-order valence-electron chi connectivity index (χ4n) is 2.69. The van der Waals surface area contributed by atoms with Gasteiger partial charge in [0.25, 0.3) is 0 Å². The van der Waals surface area contributed by atoms with Crippen LogP contribution in [0.4, 0.5) is 17.2 Å². The van der Waals surface area contributed by atoms with Crippen LogP contribution < -0.4 is 11.1 Å². The van der Waals surface area contributed by atoms with Crippen molar-refractivity contribution < 1.29 is 0 Å². The van der Waals surface area contributed by atoms with E-state index in [0.717, 1.165) is 33.7 Å². The lowest BCUT2D eigenvalue weighted by molar-refractivity contribution is 1.17. The van der Waals surface area contributed by atoms with E-state index in [1.165, 1.54) is 0 Å². The number of imidazole rings is 1. The molecule has 0 spiro atoms. The van der Waals surface area contributed by atoms with Gasteiger partial charge in [-0.25, -0.2) is 19.9 Å². The van der Waals surface area contributed by atoms with Gasteiger partial charge in [0.15, 0.2) is 5.65 Å². The van der Waals surface area contributed by atoms with Crippen molar-refractivity contribution >= 4 is 56.8 Å². The molecule has 9 heteroatoms. The Kier molecular flexibility index (Phi) is 6.74. The fourth-order valence-corrected chi connectivity index (χ4v) is 4.10. The summed E-state index contributed by atoms with van der Waals surface area (Å²) in [5.41, 5.74) is 11.8. The molecule has 7 nitrogen and oxygen atoms in total. The van der Waals surface area contributed by atoms with Crippen LogP contribution in [0.25, 0.3) is 22.4 Å². The van der Waals surface area contributed by atoms with E-state index < -0.39 is 0 Å². The van der Waals surface area contributed by atoms with E-state index >= 15 is 0 Å². The number of pyridine rings is 1. The van der Waals surface area contributed by atoms with E-state index in [1.54, 1.807) is 18.9 Å². The highest BCUT2D eigenvalue weighted by Crippen LogP contribution is 2.34. The number of fused-ring (bicyclic) bond motifs is 1. The van der Waals surface area contributed by atoms with Crippen molar-refractivity contribution in [1.29, 1.82) is 0 Å². The van der Waals surface area contributed by atoms with Crippen molar-refractivity contribution in [3.63, 3.8) is 0 Å². The number of nitrogens with one attached hydrogen (secondary N) is 1. The molecule has 1 unspecified atom stereocenters. The number of anilines is 3. The fraction of sp³-hybridized carbons (Fsp3) is 0.158. The van der Waals surface area contributed by atoms with E-state index in [4.69, 9.17) is 5.73 Å². The van der Waals surface area contributed by atoms with Gasteiger partial charge in [0.05, 0.1) is 6.37 Å². The summed E-state index contributed by atoms with van der Waals surface area (Å²) >= 11 is 2.31. The maximum atomic E-state index is 5.93. The van der Waals surface area contributed by atoms with Crippen molar-refractivity contribution in [2.45, 2.75) is 20.8 Å². The van der Waals surface area contributed by atoms with Gasteiger partial charge in [0.2, 0.25) is 0 Å². The molecule has 4 rings (SSSR count). The summed E-state index contributed by atoms with van der Waals surface area (Å²) in [7, 11) is 0. The van der Waals surface area contributed by atoms with Crippen LogP contribution in [0.5, 0.6) is 0 Å². The van der Waals surface area contributed by atoms with Crippen LogP contribution in [-0.2, 0) is 0 Å². The molecule has 0 fully saturated rings. The van der Waals surface area contributed by atoms with Gasteiger partial charge in [0.1, 0.15) is 29.7 Å². The Morgan fingerprint density at radius 3 is 2.71 bits per heavy atom. The zero-order valence-electron chi connectivity index (χ0n) is 15.8. The molecule has 0 bridgehead atoms. The lowest BCUT2D eigenvalue weighted by atomic mass is 10.1. The largest absolute Gasteiger partial charge is 0.399 e. The second kappa shape index (κ2) is 9.25. The third-order valence-electron chi connectivity index (χ3n) is 4.00. The van der Waals surface area contributed by atoms with Crippen molar-refractivity contribution in [1.82, 2.24) is 24.3 Å². The van der Waals surface area contributed by atoms with Gasteiger partial charge < -0.3 is 11.1 Å². The van der Waals surface area contributed by atoms with Gasteiger partial charge in [-0.05, 0) is 58.8 Å². The second-order valence-electron chi connectivity index (χ2n) is 5.69. The topological polar surface area (TPSA) is 94.5 Å².